The third kappa shape index (κ3) is 29.8. The van der Waals surface area contributed by atoms with Gasteiger partial charge in [0.1, 0.15) is 0 Å². The topological polar surface area (TPSA) is 368 Å². The molecule has 20 nitrogen and oxygen atoms in total. The summed E-state index contributed by atoms with van der Waals surface area (Å²) in [6.45, 7) is 5.62. The van der Waals surface area contributed by atoms with Gasteiger partial charge in [0.15, 0.2) is 11.2 Å². The summed E-state index contributed by atoms with van der Waals surface area (Å²) in [6, 6.07) is 0. The molecule has 0 aromatic carbocycles. The van der Waals surface area contributed by atoms with E-state index in [1.165, 1.54) is 0 Å². The second kappa shape index (κ2) is 24.0. The molecule has 0 amide bonds. The minimum absolute atomic E-state index is 0.395. The predicted molar refractivity (Wildman–Crippen MR) is 69.1 cm³/mol. The molecular weight excluding hydrogens is 1230 g/mol. The van der Waals surface area contributed by atoms with E-state index in [4.69, 9.17) is 23.6 Å². The van der Waals surface area contributed by atoms with Gasteiger partial charge >= 0.3 is 96.9 Å². The zero-order valence-electron chi connectivity index (χ0n) is 15.3. The third-order valence-corrected chi connectivity index (χ3v) is 8.12. The summed E-state index contributed by atoms with van der Waals surface area (Å²) in [4.78, 5) is 60.9. The van der Waals surface area contributed by atoms with Gasteiger partial charge < -0.3 is 57.8 Å². The van der Waals surface area contributed by atoms with E-state index in [-0.39, 0.29) is 0 Å². The molecule has 4 atom stereocenters. The Morgan fingerprint density at radius 1 is 0.606 bits per heavy atom. The first-order valence-corrected chi connectivity index (χ1v) is 22.9. The Morgan fingerprint density at radius 2 is 0.758 bits per heavy atom. The Morgan fingerprint density at radius 3 is 0.848 bits per heavy atom. The normalized spacial score (nSPS) is 14.8. The molecule has 186 valence electrons. The Labute approximate surface area is 228 Å². The van der Waals surface area contributed by atoms with Gasteiger partial charge in [0.25, 0.3) is 0 Å². The molecule has 0 spiro atoms. The maximum absolute atomic E-state index is 10.5. The van der Waals surface area contributed by atoms with E-state index in [0.29, 0.717) is 12.5 Å². The Bertz CT molecular complexity index is 788. The molecule has 0 aliphatic carbocycles. The van der Waals surface area contributed by atoms with Crippen LogP contribution < -0.4 is 29.4 Å². The van der Waals surface area contributed by atoms with E-state index >= 15 is 0 Å². The van der Waals surface area contributed by atoms with Gasteiger partial charge in [0.2, 0.25) is 15.2 Å². The molecular formula is C6H10O20P4U3. The van der Waals surface area contributed by atoms with Gasteiger partial charge in [-0.05, 0) is 15.2 Å². The SMILES string of the molecule is C=COP(=O)([O-])C(O)P(=O)([O-])[O-].C=COP(=O)([O-])C(O)P(=O)([O-])[O-].[O]=[U+2]=[O].[O]=[U+2]=[O].[O]=[U+2]=[O]. The summed E-state index contributed by atoms with van der Waals surface area (Å²) in [5.74, 6) is 0. The van der Waals surface area contributed by atoms with Crippen molar-refractivity contribution in [2.75, 3.05) is 0 Å². The average molecular weight is 1240 g/mol. The fourth-order valence-corrected chi connectivity index (χ4v) is 4.39. The number of hydrogen-bond acceptors (Lipinski definition) is 20. The van der Waals surface area contributed by atoms with Crippen LogP contribution in [0.3, 0.4) is 0 Å². The van der Waals surface area contributed by atoms with Crippen LogP contribution in [0.4, 0.5) is 0 Å². The fourth-order valence-electron chi connectivity index (χ4n) is 0.663. The van der Waals surface area contributed by atoms with E-state index in [1.807, 2.05) is 0 Å². The molecule has 0 heterocycles. The van der Waals surface area contributed by atoms with Gasteiger partial charge in [-0.25, -0.2) is 0 Å². The minimum atomic E-state index is -5.60. The molecule has 0 aromatic heterocycles. The molecule has 0 aliphatic rings. The van der Waals surface area contributed by atoms with Crippen molar-refractivity contribution in [1.82, 2.24) is 0 Å². The first-order chi connectivity index (χ1) is 14.7. The van der Waals surface area contributed by atoms with Crippen LogP contribution in [0.2, 0.25) is 0 Å². The van der Waals surface area contributed by atoms with Crippen LogP contribution in [0, 0.1) is 83.5 Å². The molecule has 0 saturated carbocycles. The van der Waals surface area contributed by atoms with Crippen molar-refractivity contribution in [3.05, 3.63) is 25.7 Å². The quantitative estimate of drug-likeness (QED) is 0.170. The zero-order chi connectivity index (χ0) is 28.1. The molecule has 0 bridgehead atoms. The van der Waals surface area contributed by atoms with Gasteiger partial charge in [0, 0.05) is 0 Å². The molecule has 0 rings (SSSR count). The van der Waals surface area contributed by atoms with E-state index in [0.717, 1.165) is 0 Å². The van der Waals surface area contributed by atoms with Crippen LogP contribution in [-0.2, 0) is 40.7 Å². The van der Waals surface area contributed by atoms with Crippen LogP contribution in [0.25, 0.3) is 0 Å². The summed E-state index contributed by atoms with van der Waals surface area (Å²) < 4.78 is 99.8. The molecule has 0 aromatic rings. The fraction of sp³-hybridized carbons (Fsp3) is 0.333. The molecule has 0 aliphatic heterocycles. The van der Waals surface area contributed by atoms with Gasteiger partial charge in [-0.15, -0.1) is 0 Å². The van der Waals surface area contributed by atoms with Crippen LogP contribution in [-0.4, -0.2) is 21.4 Å². The number of rotatable bonds is 8. The first-order valence-electron chi connectivity index (χ1n) is 6.25. The molecule has 4 unspecified atom stereocenters. The summed E-state index contributed by atoms with van der Waals surface area (Å²) in [6.07, 6.45) is 0.791. The zero-order valence-corrected chi connectivity index (χ0v) is 31.3. The van der Waals surface area contributed by atoms with Crippen molar-refractivity contribution in [2.45, 2.75) is 11.2 Å². The van der Waals surface area contributed by atoms with Gasteiger partial charge in [-0.3, -0.25) is 9.13 Å². The summed E-state index contributed by atoms with van der Waals surface area (Å²) in [5, 5.41) is 16.8. The van der Waals surface area contributed by atoms with Crippen LogP contribution in [0.5, 0.6) is 0 Å². The summed E-state index contributed by atoms with van der Waals surface area (Å²) in [7, 11) is -21.4. The van der Waals surface area contributed by atoms with E-state index < -0.39 is 125 Å². The summed E-state index contributed by atoms with van der Waals surface area (Å²) in [5.41, 5.74) is -6.13. The van der Waals surface area contributed by atoms with Crippen LogP contribution in [0.1, 0.15) is 0 Å². The van der Waals surface area contributed by atoms with Crippen LogP contribution >= 0.6 is 30.4 Å². The van der Waals surface area contributed by atoms with E-state index in [1.54, 1.807) is 0 Å². The number of aliphatic hydroxyl groups is 2. The summed E-state index contributed by atoms with van der Waals surface area (Å²) >= 11 is -7.52. The van der Waals surface area contributed by atoms with Gasteiger partial charge in [-0.2, -0.15) is 0 Å². The van der Waals surface area contributed by atoms with Crippen molar-refractivity contribution in [2.24, 2.45) is 0 Å². The molecule has 0 radical (unpaired) electrons. The van der Waals surface area contributed by atoms with Crippen molar-refractivity contribution >= 4 is 30.4 Å². The Kier molecular flexibility index (Phi) is 32.4. The Hall–Kier alpha value is 1.64. The van der Waals surface area contributed by atoms with Crippen molar-refractivity contribution in [3.63, 3.8) is 0 Å². The monoisotopic (exact) mass is 1240 g/mol. The average Bonchev–Trinajstić information content (AvgIpc) is 2.61. The number of hydrogen-bond donors (Lipinski definition) is 2. The first kappa shape index (κ1) is 44.6. The molecule has 33 heavy (non-hydrogen) atoms. The third-order valence-electron chi connectivity index (χ3n) is 1.57. The molecule has 0 fully saturated rings. The standard InChI is InChI=1S/2C3H8O7P2.6O.3U/c2*1-2-10-12(8,9)3(4)11(5,6)7;;;;;;;;;/h2*2-4H,1H2,(H,8,9)(H2,5,6,7);;;;;;;;;/q;;;;;;;;3*+2/p-6. The Balaban J connectivity index is -0.000000116. The predicted octanol–water partition coefficient (Wildman–Crippen LogP) is -4.93. The molecule has 27 heteroatoms. The van der Waals surface area contributed by atoms with Gasteiger partial charge in [0.05, 0.1) is 12.5 Å². The molecule has 2 N–H and O–H groups in total. The van der Waals surface area contributed by atoms with Crippen molar-refractivity contribution < 1.29 is 164 Å². The van der Waals surface area contributed by atoms with E-state index in [9.17, 15) is 47.6 Å². The second-order valence-electron chi connectivity index (χ2n) is 3.65. The second-order valence-corrected chi connectivity index (χ2v) is 13.2. The van der Waals surface area contributed by atoms with Crippen LogP contribution in [0.15, 0.2) is 25.7 Å². The maximum atomic E-state index is 10.5. The number of aliphatic hydroxyl groups excluding tert-OH is 2. The molecule has 0 saturated heterocycles. The van der Waals surface area contributed by atoms with Gasteiger partial charge in [-0.1, -0.05) is 13.2 Å². The van der Waals surface area contributed by atoms with Crippen molar-refractivity contribution in [1.29, 1.82) is 0 Å². The van der Waals surface area contributed by atoms with E-state index in [2.05, 4.69) is 22.2 Å². The van der Waals surface area contributed by atoms with Crippen molar-refractivity contribution in [3.8, 4) is 0 Å².